The Labute approximate surface area is 95.7 Å². The van der Waals surface area contributed by atoms with Crippen molar-refractivity contribution < 1.29 is 0 Å². The largest absolute Gasteiger partial charge is 0.0862 e. The zero-order valence-corrected chi connectivity index (χ0v) is 11.7. The topological polar surface area (TPSA) is 0 Å². The second kappa shape index (κ2) is 4.13. The van der Waals surface area contributed by atoms with Crippen LogP contribution in [0.1, 0.15) is 26.3 Å². The third-order valence-electron chi connectivity index (χ3n) is 3.84. The second-order valence-corrected chi connectivity index (χ2v) is 11.1. The van der Waals surface area contributed by atoms with Gasteiger partial charge in [0.1, 0.15) is 0 Å². The van der Waals surface area contributed by atoms with Crippen molar-refractivity contribution >= 4 is 13.3 Å². The van der Waals surface area contributed by atoms with Crippen molar-refractivity contribution in [1.29, 1.82) is 0 Å². The first-order chi connectivity index (χ1) is 6.80. The highest BCUT2D eigenvalue weighted by Crippen LogP contribution is 2.36. The molecule has 0 amide bonds. The van der Waals surface area contributed by atoms with Gasteiger partial charge in [-0.25, -0.2) is 0 Å². The number of benzene rings is 1. The normalized spacial score (nSPS) is 12.9. The summed E-state index contributed by atoms with van der Waals surface area (Å²) in [6, 6.07) is 8.81. The van der Waals surface area contributed by atoms with Gasteiger partial charge < -0.3 is 0 Å². The highest BCUT2D eigenvalue weighted by molar-refractivity contribution is 6.92. The first-order valence-electron chi connectivity index (χ1n) is 5.68. The Hall–Kier alpha value is -0.563. The number of hydrogen-bond donors (Lipinski definition) is 0. The molecule has 1 rings (SSSR count). The minimum absolute atomic E-state index is 0.401. The lowest BCUT2D eigenvalue weighted by Gasteiger charge is -2.38. The van der Waals surface area contributed by atoms with Crippen molar-refractivity contribution in [3.05, 3.63) is 36.8 Å². The summed E-state index contributed by atoms with van der Waals surface area (Å²) >= 11 is 0. The van der Waals surface area contributed by atoms with Gasteiger partial charge >= 0.3 is 0 Å². The van der Waals surface area contributed by atoms with Crippen LogP contribution < -0.4 is 5.19 Å². The van der Waals surface area contributed by atoms with Gasteiger partial charge in [0.05, 0.1) is 8.07 Å². The fourth-order valence-corrected chi connectivity index (χ4v) is 4.08. The van der Waals surface area contributed by atoms with Crippen LogP contribution in [0.2, 0.25) is 18.1 Å². The Morgan fingerprint density at radius 1 is 1.13 bits per heavy atom. The van der Waals surface area contributed by atoms with E-state index in [1.54, 1.807) is 5.19 Å². The zero-order valence-electron chi connectivity index (χ0n) is 10.7. The second-order valence-electron chi connectivity index (χ2n) is 5.78. The monoisotopic (exact) mass is 219 g/mol. The van der Waals surface area contributed by atoms with Crippen molar-refractivity contribution in [3.63, 3.8) is 0 Å². The molecule has 1 radical (unpaired) electrons. The first-order valence-corrected chi connectivity index (χ1v) is 8.68. The van der Waals surface area contributed by atoms with E-state index in [9.17, 15) is 0 Å². The molecular formula is C14H23Si. The van der Waals surface area contributed by atoms with Gasteiger partial charge in [0.15, 0.2) is 0 Å². The summed E-state index contributed by atoms with van der Waals surface area (Å²) in [6.45, 7) is 16.0. The molecule has 0 atom stereocenters. The molecule has 0 aliphatic heterocycles. The van der Waals surface area contributed by atoms with Crippen LogP contribution in [-0.2, 0) is 6.42 Å². The molecule has 0 aromatic heterocycles. The molecule has 0 nitrogen and oxygen atoms in total. The van der Waals surface area contributed by atoms with Crippen LogP contribution in [0.5, 0.6) is 0 Å². The van der Waals surface area contributed by atoms with Crippen LogP contribution in [-0.4, -0.2) is 8.07 Å². The van der Waals surface area contributed by atoms with Crippen LogP contribution in [0.15, 0.2) is 24.3 Å². The summed E-state index contributed by atoms with van der Waals surface area (Å²) in [5.41, 5.74) is 1.43. The molecule has 15 heavy (non-hydrogen) atoms. The fraction of sp³-hybridized carbons (Fsp3) is 0.500. The third-order valence-corrected chi connectivity index (χ3v) is 9.42. The quantitative estimate of drug-likeness (QED) is 0.664. The van der Waals surface area contributed by atoms with Crippen molar-refractivity contribution in [2.75, 3.05) is 0 Å². The Bertz CT molecular complexity index is 331. The maximum atomic E-state index is 4.03. The minimum Gasteiger partial charge on any atom is -0.0650 e. The van der Waals surface area contributed by atoms with Crippen molar-refractivity contribution in [2.45, 2.75) is 45.3 Å². The molecule has 0 bridgehead atoms. The van der Waals surface area contributed by atoms with E-state index >= 15 is 0 Å². The van der Waals surface area contributed by atoms with Crippen molar-refractivity contribution in [1.82, 2.24) is 0 Å². The van der Waals surface area contributed by atoms with E-state index in [1.165, 1.54) is 5.56 Å². The van der Waals surface area contributed by atoms with Gasteiger partial charge in [0.25, 0.3) is 0 Å². The molecule has 1 aromatic carbocycles. The van der Waals surface area contributed by atoms with Crippen molar-refractivity contribution in [2.24, 2.45) is 0 Å². The van der Waals surface area contributed by atoms with Gasteiger partial charge in [0.2, 0.25) is 0 Å². The number of rotatable bonds is 2. The summed E-state index contributed by atoms with van der Waals surface area (Å²) in [4.78, 5) is 0. The lowest BCUT2D eigenvalue weighted by Crippen LogP contribution is -2.50. The van der Waals surface area contributed by atoms with Crippen LogP contribution >= 0.6 is 0 Å². The van der Waals surface area contributed by atoms with E-state index in [2.05, 4.69) is 65.1 Å². The fourth-order valence-electron chi connectivity index (χ4n) is 1.75. The van der Waals surface area contributed by atoms with E-state index in [0.29, 0.717) is 5.04 Å². The molecule has 0 saturated heterocycles. The predicted octanol–water partition coefficient (Wildman–Crippen LogP) is 3.78. The Morgan fingerprint density at radius 3 is 2.13 bits per heavy atom. The van der Waals surface area contributed by atoms with Gasteiger partial charge in [-0.15, -0.1) is 0 Å². The molecule has 1 aromatic rings. The highest BCUT2D eigenvalue weighted by Gasteiger charge is 2.37. The van der Waals surface area contributed by atoms with Gasteiger partial charge in [-0.3, -0.25) is 0 Å². The first kappa shape index (κ1) is 12.5. The Kier molecular flexibility index (Phi) is 3.44. The summed E-state index contributed by atoms with van der Waals surface area (Å²) in [7, 11) is -1.39. The smallest absolute Gasteiger partial charge is 0.0650 e. The van der Waals surface area contributed by atoms with Crippen molar-refractivity contribution in [3.8, 4) is 0 Å². The standard InChI is InChI=1S/C14H23Si/c1-7-12-10-8-9-11-13(12)15(5,6)14(2,3)4/h8-11H,1,7H2,2-6H3. The van der Waals surface area contributed by atoms with E-state index in [4.69, 9.17) is 0 Å². The Balaban J connectivity index is 3.26. The number of hydrogen-bond acceptors (Lipinski definition) is 0. The summed E-state index contributed by atoms with van der Waals surface area (Å²) < 4.78 is 0. The van der Waals surface area contributed by atoms with Crippen LogP contribution in [0.3, 0.4) is 0 Å². The lowest BCUT2D eigenvalue weighted by molar-refractivity contribution is 0.729. The molecule has 0 unspecified atom stereocenters. The Morgan fingerprint density at radius 2 is 1.67 bits per heavy atom. The summed E-state index contributed by atoms with van der Waals surface area (Å²) in [5.74, 6) is 0. The molecule has 0 fully saturated rings. The van der Waals surface area contributed by atoms with E-state index in [1.807, 2.05) is 0 Å². The van der Waals surface area contributed by atoms with E-state index < -0.39 is 8.07 Å². The molecule has 83 valence electrons. The third kappa shape index (κ3) is 2.33. The van der Waals surface area contributed by atoms with E-state index in [0.717, 1.165) is 6.42 Å². The van der Waals surface area contributed by atoms with Crippen LogP contribution in [0.4, 0.5) is 0 Å². The maximum absolute atomic E-state index is 4.03. The molecule has 0 aliphatic carbocycles. The van der Waals surface area contributed by atoms with Gasteiger partial charge in [0, 0.05) is 0 Å². The summed E-state index contributed by atoms with van der Waals surface area (Å²) in [5, 5.41) is 1.98. The van der Waals surface area contributed by atoms with Crippen LogP contribution in [0, 0.1) is 6.92 Å². The minimum atomic E-state index is -1.39. The molecule has 0 heterocycles. The van der Waals surface area contributed by atoms with Crippen LogP contribution in [0.25, 0.3) is 0 Å². The molecule has 0 aliphatic rings. The molecule has 0 N–H and O–H groups in total. The summed E-state index contributed by atoms with van der Waals surface area (Å²) in [6.07, 6.45) is 0.905. The van der Waals surface area contributed by atoms with E-state index in [-0.39, 0.29) is 0 Å². The molecular weight excluding hydrogens is 196 g/mol. The van der Waals surface area contributed by atoms with Gasteiger partial charge in [-0.1, -0.05) is 63.3 Å². The lowest BCUT2D eigenvalue weighted by atomic mass is 10.2. The zero-order chi connectivity index (χ0) is 11.7. The molecule has 0 saturated carbocycles. The average molecular weight is 219 g/mol. The molecule has 1 heteroatoms. The maximum Gasteiger partial charge on any atom is 0.0862 e. The van der Waals surface area contributed by atoms with Gasteiger partial charge in [-0.2, -0.15) is 0 Å². The average Bonchev–Trinajstić information content (AvgIpc) is 2.16. The van der Waals surface area contributed by atoms with Gasteiger partial charge in [-0.05, 0) is 23.9 Å². The predicted molar refractivity (Wildman–Crippen MR) is 72.3 cm³/mol. The SMILES string of the molecule is [CH2]Cc1ccccc1[Si](C)(C)C(C)(C)C. The highest BCUT2D eigenvalue weighted by atomic mass is 28.3. The molecule has 0 spiro atoms.